The molecule has 0 aromatic carbocycles. The first-order valence-electron chi connectivity index (χ1n) is 8.26. The molecule has 6 nitrogen and oxygen atoms in total. The Morgan fingerprint density at radius 1 is 1.32 bits per heavy atom. The van der Waals surface area contributed by atoms with E-state index >= 15 is 0 Å². The molecule has 2 amide bonds. The Morgan fingerprint density at radius 2 is 1.95 bits per heavy atom. The van der Waals surface area contributed by atoms with Crippen molar-refractivity contribution in [1.82, 2.24) is 10.2 Å². The first-order valence-corrected chi connectivity index (χ1v) is 8.26. The molecule has 128 valence electrons. The van der Waals surface area contributed by atoms with Gasteiger partial charge in [0.15, 0.2) is 0 Å². The number of hydrogen-bond donors (Lipinski definition) is 2. The fraction of sp³-hybridized carbons (Fsp3) is 0.875. The number of ether oxygens (including phenoxy) is 1. The highest BCUT2D eigenvalue weighted by molar-refractivity contribution is 5.74. The first kappa shape index (κ1) is 18.7. The summed E-state index contributed by atoms with van der Waals surface area (Å²) >= 11 is 0. The summed E-state index contributed by atoms with van der Waals surface area (Å²) in [5, 5.41) is 11.4. The van der Waals surface area contributed by atoms with Gasteiger partial charge in [0.1, 0.15) is 0 Å². The molecule has 0 aliphatic heterocycles. The molecule has 1 fully saturated rings. The summed E-state index contributed by atoms with van der Waals surface area (Å²) in [6.07, 6.45) is 3.58. The highest BCUT2D eigenvalue weighted by Gasteiger charge is 2.55. The molecule has 22 heavy (non-hydrogen) atoms. The predicted octanol–water partition coefficient (Wildman–Crippen LogP) is 2.48. The van der Waals surface area contributed by atoms with Gasteiger partial charge < -0.3 is 20.1 Å². The summed E-state index contributed by atoms with van der Waals surface area (Å²) in [7, 11) is 1.82. The van der Waals surface area contributed by atoms with Crippen LogP contribution < -0.4 is 5.32 Å². The second kappa shape index (κ2) is 8.36. The molecule has 0 aromatic heterocycles. The second-order valence-electron chi connectivity index (χ2n) is 5.98. The molecular weight excluding hydrogens is 284 g/mol. The number of carboxylic acids is 1. The lowest BCUT2D eigenvalue weighted by molar-refractivity contribution is -0.158. The normalized spacial score (nSPS) is 22.7. The van der Waals surface area contributed by atoms with Crippen LogP contribution in [-0.4, -0.2) is 54.4 Å². The molecule has 2 atom stereocenters. The van der Waals surface area contributed by atoms with Gasteiger partial charge in [-0.1, -0.05) is 13.8 Å². The van der Waals surface area contributed by atoms with Crippen LogP contribution in [0.5, 0.6) is 0 Å². The molecule has 6 heteroatoms. The van der Waals surface area contributed by atoms with E-state index in [1.165, 1.54) is 0 Å². The van der Waals surface area contributed by atoms with Gasteiger partial charge in [0.05, 0.1) is 6.10 Å². The third-order valence-electron chi connectivity index (χ3n) is 5.06. The lowest BCUT2D eigenvalue weighted by Gasteiger charge is -2.58. The molecule has 2 unspecified atom stereocenters. The van der Waals surface area contributed by atoms with Crippen molar-refractivity contribution >= 4 is 12.0 Å². The fourth-order valence-electron chi connectivity index (χ4n) is 3.58. The number of aliphatic carboxylic acids is 1. The number of carboxylic acid groups (broad SMARTS) is 1. The van der Waals surface area contributed by atoms with Gasteiger partial charge in [0.25, 0.3) is 0 Å². The molecule has 0 bridgehead atoms. The average Bonchev–Trinajstić information content (AvgIpc) is 2.48. The quantitative estimate of drug-likeness (QED) is 0.641. The Morgan fingerprint density at radius 3 is 2.45 bits per heavy atom. The van der Waals surface area contributed by atoms with Crippen LogP contribution >= 0.6 is 0 Å². The average molecular weight is 314 g/mol. The van der Waals surface area contributed by atoms with Gasteiger partial charge >= 0.3 is 12.0 Å². The molecule has 1 rings (SSSR count). The lowest BCUT2D eigenvalue weighted by atomic mass is 9.58. The number of hydrogen-bond acceptors (Lipinski definition) is 3. The van der Waals surface area contributed by atoms with Crippen molar-refractivity contribution in [2.75, 3.05) is 20.2 Å². The largest absolute Gasteiger partial charge is 0.481 e. The second-order valence-corrected chi connectivity index (χ2v) is 5.98. The van der Waals surface area contributed by atoms with Crippen molar-refractivity contribution in [1.29, 1.82) is 0 Å². The summed E-state index contributed by atoms with van der Waals surface area (Å²) in [5.74, 6) is -0.836. The molecule has 0 saturated heterocycles. The smallest absolute Gasteiger partial charge is 0.317 e. The van der Waals surface area contributed by atoms with Crippen LogP contribution in [0.3, 0.4) is 0 Å². The standard InChI is InChI=1S/C16H30N2O4/c1-5-16(6-2)12(11-13(16)22-7-3)18(4)15(21)17-10-8-9-14(19)20/h12-13H,5-11H2,1-4H3,(H,17,21)(H,19,20). The summed E-state index contributed by atoms with van der Waals surface area (Å²) in [5.41, 5.74) is 0.0309. The van der Waals surface area contributed by atoms with Crippen molar-refractivity contribution in [3.05, 3.63) is 0 Å². The van der Waals surface area contributed by atoms with Gasteiger partial charge in [0.2, 0.25) is 0 Å². The van der Waals surface area contributed by atoms with Crippen molar-refractivity contribution in [2.45, 2.75) is 65.0 Å². The molecule has 0 aromatic rings. The number of rotatable bonds is 9. The van der Waals surface area contributed by atoms with Gasteiger partial charge in [-0.25, -0.2) is 4.79 Å². The van der Waals surface area contributed by atoms with E-state index in [1.807, 2.05) is 14.0 Å². The van der Waals surface area contributed by atoms with E-state index in [9.17, 15) is 9.59 Å². The van der Waals surface area contributed by atoms with E-state index in [-0.39, 0.29) is 30.0 Å². The van der Waals surface area contributed by atoms with Gasteiger partial charge in [-0.2, -0.15) is 0 Å². The van der Waals surface area contributed by atoms with E-state index in [0.29, 0.717) is 19.6 Å². The molecule has 0 radical (unpaired) electrons. The lowest BCUT2D eigenvalue weighted by Crippen LogP contribution is -2.65. The van der Waals surface area contributed by atoms with Crippen molar-refractivity contribution in [3.63, 3.8) is 0 Å². The fourth-order valence-corrected chi connectivity index (χ4v) is 3.58. The van der Waals surface area contributed by atoms with Crippen LogP contribution in [0.2, 0.25) is 0 Å². The maximum Gasteiger partial charge on any atom is 0.317 e. The highest BCUT2D eigenvalue weighted by atomic mass is 16.5. The van der Waals surface area contributed by atoms with E-state index in [2.05, 4.69) is 19.2 Å². The van der Waals surface area contributed by atoms with Gasteiger partial charge in [-0.15, -0.1) is 0 Å². The molecule has 1 aliphatic carbocycles. The number of nitrogens with one attached hydrogen (secondary N) is 1. The van der Waals surface area contributed by atoms with Crippen LogP contribution in [0, 0.1) is 5.41 Å². The molecule has 1 aliphatic rings. The van der Waals surface area contributed by atoms with Crippen LogP contribution in [0.15, 0.2) is 0 Å². The monoisotopic (exact) mass is 314 g/mol. The third kappa shape index (κ3) is 3.91. The Bertz CT molecular complexity index is 382. The molecule has 1 saturated carbocycles. The highest BCUT2D eigenvalue weighted by Crippen LogP contribution is 2.51. The summed E-state index contributed by atoms with van der Waals surface area (Å²) in [6, 6.07) is 0.0511. The first-order chi connectivity index (χ1) is 10.4. The zero-order valence-electron chi connectivity index (χ0n) is 14.2. The Kier molecular flexibility index (Phi) is 7.13. The number of carbonyl (C=O) groups is 2. The zero-order valence-corrected chi connectivity index (χ0v) is 14.2. The van der Waals surface area contributed by atoms with Gasteiger partial charge in [0, 0.05) is 38.1 Å². The molecule has 2 N–H and O–H groups in total. The maximum atomic E-state index is 12.2. The number of nitrogens with zero attached hydrogens (tertiary/aromatic N) is 1. The zero-order chi connectivity index (χ0) is 16.8. The Hall–Kier alpha value is -1.30. The van der Waals surface area contributed by atoms with Crippen LogP contribution in [-0.2, 0) is 9.53 Å². The van der Waals surface area contributed by atoms with Crippen molar-refractivity contribution in [3.8, 4) is 0 Å². The minimum absolute atomic E-state index is 0.0309. The van der Waals surface area contributed by atoms with Crippen molar-refractivity contribution < 1.29 is 19.4 Å². The topological polar surface area (TPSA) is 78.9 Å². The SMILES string of the molecule is CCOC1CC(N(C)C(=O)NCCCC(=O)O)C1(CC)CC. The maximum absolute atomic E-state index is 12.2. The summed E-state index contributed by atoms with van der Waals surface area (Å²) < 4.78 is 5.84. The summed E-state index contributed by atoms with van der Waals surface area (Å²) in [4.78, 5) is 24.5. The van der Waals surface area contributed by atoms with Crippen molar-refractivity contribution in [2.24, 2.45) is 5.41 Å². The third-order valence-corrected chi connectivity index (χ3v) is 5.06. The Labute approximate surface area is 133 Å². The molecular formula is C16H30N2O4. The minimum atomic E-state index is -0.836. The molecule has 0 spiro atoms. The van der Waals surface area contributed by atoms with E-state index in [0.717, 1.165) is 19.3 Å². The number of carbonyl (C=O) groups excluding carboxylic acids is 1. The Balaban J connectivity index is 2.55. The van der Waals surface area contributed by atoms with Crippen LogP contribution in [0.4, 0.5) is 4.79 Å². The van der Waals surface area contributed by atoms with Crippen LogP contribution in [0.25, 0.3) is 0 Å². The van der Waals surface area contributed by atoms with Gasteiger partial charge in [-0.3, -0.25) is 4.79 Å². The number of urea groups is 1. The number of amides is 2. The van der Waals surface area contributed by atoms with Gasteiger partial charge in [-0.05, 0) is 32.6 Å². The summed E-state index contributed by atoms with van der Waals surface area (Å²) in [6.45, 7) is 7.40. The van der Waals surface area contributed by atoms with E-state index in [4.69, 9.17) is 9.84 Å². The molecule has 0 heterocycles. The van der Waals surface area contributed by atoms with Crippen LogP contribution in [0.1, 0.15) is 52.9 Å². The predicted molar refractivity (Wildman–Crippen MR) is 84.9 cm³/mol. The van der Waals surface area contributed by atoms with E-state index in [1.54, 1.807) is 4.90 Å². The van der Waals surface area contributed by atoms with E-state index < -0.39 is 5.97 Å². The minimum Gasteiger partial charge on any atom is -0.481 e.